The molecule has 0 N–H and O–H groups in total. The summed E-state index contributed by atoms with van der Waals surface area (Å²) in [6.07, 6.45) is 1.50. The average molecular weight is 340 g/mol. The van der Waals surface area contributed by atoms with E-state index >= 15 is 0 Å². The van der Waals surface area contributed by atoms with E-state index in [1.54, 1.807) is 21.3 Å². The molecule has 6 nitrogen and oxygen atoms in total. The fourth-order valence-electron chi connectivity index (χ4n) is 2.57. The lowest BCUT2D eigenvalue weighted by atomic mass is 10.0. The minimum absolute atomic E-state index is 0.434. The molecule has 0 saturated heterocycles. The molecular formula is C19H20N2O4. The number of rotatable bonds is 7. The van der Waals surface area contributed by atoms with Crippen LogP contribution in [0, 0.1) is 0 Å². The Morgan fingerprint density at radius 3 is 2.32 bits per heavy atom. The SMILES string of the molecule is COCCOc1ncnc2ccc(-c3ccc(OC)c(OC)c3)cc12. The molecule has 130 valence electrons. The van der Waals surface area contributed by atoms with Crippen LogP contribution in [0.3, 0.4) is 0 Å². The number of methoxy groups -OCH3 is 3. The van der Waals surface area contributed by atoms with Crippen LogP contribution in [0.15, 0.2) is 42.7 Å². The van der Waals surface area contributed by atoms with Gasteiger partial charge in [-0.2, -0.15) is 0 Å². The van der Waals surface area contributed by atoms with Gasteiger partial charge in [-0.1, -0.05) is 12.1 Å². The van der Waals surface area contributed by atoms with Crippen molar-refractivity contribution in [1.82, 2.24) is 9.97 Å². The third-order valence-corrected chi connectivity index (χ3v) is 3.84. The Kier molecular flexibility index (Phi) is 5.30. The van der Waals surface area contributed by atoms with Crippen molar-refractivity contribution in [1.29, 1.82) is 0 Å². The van der Waals surface area contributed by atoms with Gasteiger partial charge in [-0.15, -0.1) is 0 Å². The summed E-state index contributed by atoms with van der Waals surface area (Å²) < 4.78 is 21.4. The molecule has 0 aliphatic heterocycles. The van der Waals surface area contributed by atoms with Crippen LogP contribution in [0.25, 0.3) is 22.0 Å². The van der Waals surface area contributed by atoms with Crippen molar-refractivity contribution in [2.24, 2.45) is 0 Å². The molecule has 1 heterocycles. The van der Waals surface area contributed by atoms with Gasteiger partial charge in [0.2, 0.25) is 5.88 Å². The van der Waals surface area contributed by atoms with Crippen molar-refractivity contribution in [3.05, 3.63) is 42.7 Å². The average Bonchev–Trinajstić information content (AvgIpc) is 2.67. The maximum absolute atomic E-state index is 5.71. The molecule has 0 saturated carbocycles. The van der Waals surface area contributed by atoms with E-state index in [4.69, 9.17) is 18.9 Å². The van der Waals surface area contributed by atoms with Crippen molar-refractivity contribution in [2.75, 3.05) is 34.5 Å². The standard InChI is InChI=1S/C19H20N2O4/c1-22-8-9-25-19-15-10-13(4-6-16(15)20-12-21-19)14-5-7-17(23-2)18(11-14)24-3/h4-7,10-12H,8-9H2,1-3H3. The van der Waals surface area contributed by atoms with Crippen molar-refractivity contribution in [2.45, 2.75) is 0 Å². The van der Waals surface area contributed by atoms with Gasteiger partial charge in [0.1, 0.15) is 12.9 Å². The predicted molar refractivity (Wildman–Crippen MR) is 95.4 cm³/mol. The van der Waals surface area contributed by atoms with E-state index in [2.05, 4.69) is 9.97 Å². The summed E-state index contributed by atoms with van der Waals surface area (Å²) in [5.41, 5.74) is 2.85. The summed E-state index contributed by atoms with van der Waals surface area (Å²) in [6.45, 7) is 0.935. The van der Waals surface area contributed by atoms with Gasteiger partial charge in [0, 0.05) is 7.11 Å². The molecule has 0 fully saturated rings. The van der Waals surface area contributed by atoms with Gasteiger partial charge in [0.25, 0.3) is 0 Å². The van der Waals surface area contributed by atoms with Crippen LogP contribution in [0.2, 0.25) is 0 Å². The van der Waals surface area contributed by atoms with Gasteiger partial charge in [0.15, 0.2) is 11.5 Å². The van der Waals surface area contributed by atoms with Crippen LogP contribution in [-0.4, -0.2) is 44.5 Å². The molecule has 0 aliphatic carbocycles. The molecule has 0 amide bonds. The molecule has 3 rings (SSSR count). The van der Waals surface area contributed by atoms with E-state index in [-0.39, 0.29) is 0 Å². The molecule has 25 heavy (non-hydrogen) atoms. The summed E-state index contributed by atoms with van der Waals surface area (Å²) >= 11 is 0. The first kappa shape index (κ1) is 17.0. The first-order valence-electron chi connectivity index (χ1n) is 7.85. The molecule has 6 heteroatoms. The Labute approximate surface area is 146 Å². The van der Waals surface area contributed by atoms with Crippen LogP contribution in [0.5, 0.6) is 17.4 Å². The largest absolute Gasteiger partial charge is 0.493 e. The quantitative estimate of drug-likeness (QED) is 0.615. The van der Waals surface area contributed by atoms with Gasteiger partial charge >= 0.3 is 0 Å². The number of nitrogens with zero attached hydrogens (tertiary/aromatic N) is 2. The molecule has 0 bridgehead atoms. The molecule has 0 radical (unpaired) electrons. The third kappa shape index (κ3) is 3.64. The van der Waals surface area contributed by atoms with Crippen molar-refractivity contribution in [3.63, 3.8) is 0 Å². The Balaban J connectivity index is 2.01. The first-order chi connectivity index (χ1) is 12.3. The number of ether oxygens (including phenoxy) is 4. The zero-order valence-corrected chi connectivity index (χ0v) is 14.5. The number of fused-ring (bicyclic) bond motifs is 1. The van der Waals surface area contributed by atoms with Crippen molar-refractivity contribution >= 4 is 10.9 Å². The summed E-state index contributed by atoms with van der Waals surface area (Å²) in [7, 11) is 4.88. The van der Waals surface area contributed by atoms with Crippen molar-refractivity contribution < 1.29 is 18.9 Å². The van der Waals surface area contributed by atoms with Gasteiger partial charge in [-0.3, -0.25) is 0 Å². The highest BCUT2D eigenvalue weighted by Gasteiger charge is 2.10. The number of benzene rings is 2. The molecule has 2 aromatic carbocycles. The molecule has 0 unspecified atom stereocenters. The molecule has 0 spiro atoms. The van der Waals surface area contributed by atoms with Gasteiger partial charge in [-0.25, -0.2) is 9.97 Å². The molecule has 0 atom stereocenters. The zero-order valence-electron chi connectivity index (χ0n) is 14.5. The Bertz CT molecular complexity index is 867. The lowest BCUT2D eigenvalue weighted by molar-refractivity contribution is 0.144. The minimum Gasteiger partial charge on any atom is -0.493 e. The Morgan fingerprint density at radius 2 is 1.56 bits per heavy atom. The summed E-state index contributed by atoms with van der Waals surface area (Å²) in [5.74, 6) is 1.92. The summed E-state index contributed by atoms with van der Waals surface area (Å²) in [5, 5.41) is 0.853. The molecule has 3 aromatic rings. The highest BCUT2D eigenvalue weighted by Crippen LogP contribution is 2.34. The monoisotopic (exact) mass is 340 g/mol. The molecule has 0 aliphatic rings. The van der Waals surface area contributed by atoms with Gasteiger partial charge in [-0.05, 0) is 35.4 Å². The molecular weight excluding hydrogens is 320 g/mol. The topological polar surface area (TPSA) is 62.7 Å². The summed E-state index contributed by atoms with van der Waals surface area (Å²) in [6, 6.07) is 11.8. The maximum atomic E-state index is 5.71. The van der Waals surface area contributed by atoms with Gasteiger partial charge in [0.05, 0.1) is 31.7 Å². The normalized spacial score (nSPS) is 10.7. The van der Waals surface area contributed by atoms with E-state index in [0.29, 0.717) is 30.6 Å². The van der Waals surface area contributed by atoms with Gasteiger partial charge < -0.3 is 18.9 Å². The second kappa shape index (κ2) is 7.81. The fourth-order valence-corrected chi connectivity index (χ4v) is 2.57. The van der Waals surface area contributed by atoms with Crippen LogP contribution >= 0.6 is 0 Å². The van der Waals surface area contributed by atoms with E-state index in [9.17, 15) is 0 Å². The van der Waals surface area contributed by atoms with Crippen LogP contribution in [0.1, 0.15) is 0 Å². The fraction of sp³-hybridized carbons (Fsp3) is 0.263. The third-order valence-electron chi connectivity index (χ3n) is 3.84. The Morgan fingerprint density at radius 1 is 0.800 bits per heavy atom. The lowest BCUT2D eigenvalue weighted by Gasteiger charge is -2.11. The second-order valence-electron chi connectivity index (χ2n) is 5.32. The Hall–Kier alpha value is -2.86. The number of hydrogen-bond donors (Lipinski definition) is 0. The lowest BCUT2D eigenvalue weighted by Crippen LogP contribution is -2.06. The van der Waals surface area contributed by atoms with E-state index in [1.807, 2.05) is 36.4 Å². The minimum atomic E-state index is 0.434. The number of aromatic nitrogens is 2. The highest BCUT2D eigenvalue weighted by molar-refractivity contribution is 5.88. The first-order valence-corrected chi connectivity index (χ1v) is 7.85. The summed E-state index contributed by atoms with van der Waals surface area (Å²) in [4.78, 5) is 8.54. The predicted octanol–water partition coefficient (Wildman–Crippen LogP) is 3.34. The highest BCUT2D eigenvalue weighted by atomic mass is 16.5. The van der Waals surface area contributed by atoms with Crippen LogP contribution in [-0.2, 0) is 4.74 Å². The second-order valence-corrected chi connectivity index (χ2v) is 5.32. The number of hydrogen-bond acceptors (Lipinski definition) is 6. The van der Waals surface area contributed by atoms with Crippen LogP contribution < -0.4 is 14.2 Å². The maximum Gasteiger partial charge on any atom is 0.224 e. The van der Waals surface area contributed by atoms with E-state index < -0.39 is 0 Å². The smallest absolute Gasteiger partial charge is 0.224 e. The zero-order chi connectivity index (χ0) is 17.6. The molecule has 1 aromatic heterocycles. The van der Waals surface area contributed by atoms with Crippen molar-refractivity contribution in [3.8, 4) is 28.5 Å². The van der Waals surface area contributed by atoms with Crippen LogP contribution in [0.4, 0.5) is 0 Å². The van der Waals surface area contributed by atoms with E-state index in [1.165, 1.54) is 6.33 Å². The van der Waals surface area contributed by atoms with E-state index in [0.717, 1.165) is 22.0 Å².